The van der Waals surface area contributed by atoms with E-state index in [2.05, 4.69) is 10.4 Å². The second-order valence-corrected chi connectivity index (χ2v) is 5.46. The van der Waals surface area contributed by atoms with Crippen LogP contribution in [0, 0.1) is 6.92 Å². The Labute approximate surface area is 133 Å². The lowest BCUT2D eigenvalue weighted by molar-refractivity contribution is 0.101. The van der Waals surface area contributed by atoms with Crippen molar-refractivity contribution in [2.45, 2.75) is 20.4 Å². The Morgan fingerprint density at radius 1 is 1.23 bits per heavy atom. The van der Waals surface area contributed by atoms with Gasteiger partial charge in [0.1, 0.15) is 5.69 Å². The van der Waals surface area contributed by atoms with Gasteiger partial charge in [0, 0.05) is 12.2 Å². The molecule has 0 radical (unpaired) electrons. The molecule has 1 amide bonds. The molecule has 112 valence electrons. The van der Waals surface area contributed by atoms with Crippen molar-refractivity contribution < 1.29 is 4.79 Å². The first-order chi connectivity index (χ1) is 10.6. The minimum Gasteiger partial charge on any atom is -0.321 e. The van der Waals surface area contributed by atoms with Gasteiger partial charge in [0.05, 0.1) is 10.7 Å². The summed E-state index contributed by atoms with van der Waals surface area (Å²) in [5.74, 6) is -0.247. The Hall–Kier alpha value is -2.33. The Morgan fingerprint density at radius 3 is 2.68 bits per heavy atom. The van der Waals surface area contributed by atoms with E-state index in [0.29, 0.717) is 23.0 Å². The highest BCUT2D eigenvalue weighted by Gasteiger charge is 2.19. The molecule has 3 rings (SSSR count). The summed E-state index contributed by atoms with van der Waals surface area (Å²) in [4.78, 5) is 12.5. The third kappa shape index (κ3) is 2.57. The van der Waals surface area contributed by atoms with Gasteiger partial charge >= 0.3 is 0 Å². The molecule has 0 atom stereocenters. The molecule has 1 aromatic heterocycles. The molecule has 0 fully saturated rings. The molecule has 0 aliphatic heterocycles. The fourth-order valence-corrected chi connectivity index (χ4v) is 2.68. The first kappa shape index (κ1) is 14.6. The van der Waals surface area contributed by atoms with Gasteiger partial charge in [0.15, 0.2) is 0 Å². The van der Waals surface area contributed by atoms with Crippen molar-refractivity contribution in [3.63, 3.8) is 0 Å². The van der Waals surface area contributed by atoms with Gasteiger partial charge in [-0.3, -0.25) is 9.48 Å². The van der Waals surface area contributed by atoms with E-state index in [4.69, 9.17) is 11.6 Å². The Bertz CT molecular complexity index is 854. The molecule has 3 aromatic rings. The van der Waals surface area contributed by atoms with Crippen LogP contribution < -0.4 is 5.32 Å². The van der Waals surface area contributed by atoms with E-state index in [1.165, 1.54) is 0 Å². The van der Waals surface area contributed by atoms with Crippen molar-refractivity contribution in [3.8, 4) is 0 Å². The van der Waals surface area contributed by atoms with Crippen LogP contribution in [-0.2, 0) is 6.54 Å². The number of hydrogen-bond acceptors (Lipinski definition) is 2. The highest BCUT2D eigenvalue weighted by molar-refractivity contribution is 6.34. The fourth-order valence-electron chi connectivity index (χ4n) is 2.46. The largest absolute Gasteiger partial charge is 0.321 e. The number of anilines is 1. The minimum absolute atomic E-state index is 0.247. The quantitative estimate of drug-likeness (QED) is 0.785. The fraction of sp³-hybridized carbons (Fsp3) is 0.176. The molecule has 2 aromatic carbocycles. The van der Waals surface area contributed by atoms with Crippen LogP contribution >= 0.6 is 11.6 Å². The number of fused-ring (bicyclic) bond motifs is 1. The summed E-state index contributed by atoms with van der Waals surface area (Å²) in [6.07, 6.45) is 0. The van der Waals surface area contributed by atoms with E-state index in [1.54, 1.807) is 11.6 Å². The number of halogens is 1. The number of benzene rings is 2. The number of nitrogens with zero attached hydrogens (tertiary/aromatic N) is 2. The monoisotopic (exact) mass is 313 g/mol. The third-order valence-electron chi connectivity index (χ3n) is 3.58. The average molecular weight is 314 g/mol. The summed E-state index contributed by atoms with van der Waals surface area (Å²) in [7, 11) is 0. The van der Waals surface area contributed by atoms with Gasteiger partial charge in [-0.15, -0.1) is 0 Å². The number of aromatic nitrogens is 2. The number of amides is 1. The first-order valence-electron chi connectivity index (χ1n) is 7.13. The zero-order chi connectivity index (χ0) is 15.7. The summed E-state index contributed by atoms with van der Waals surface area (Å²) in [5, 5.41) is 9.77. The highest BCUT2D eigenvalue weighted by atomic mass is 35.5. The van der Waals surface area contributed by atoms with E-state index in [-0.39, 0.29) is 5.91 Å². The second-order valence-electron chi connectivity index (χ2n) is 5.08. The average Bonchev–Trinajstić information content (AvgIpc) is 2.82. The predicted octanol–water partition coefficient (Wildman–Crippen LogP) is 4.27. The molecule has 0 bridgehead atoms. The number of carbonyl (C=O) groups excluding carboxylic acids is 1. The van der Waals surface area contributed by atoms with Crippen molar-refractivity contribution in [2.75, 3.05) is 5.32 Å². The van der Waals surface area contributed by atoms with Gasteiger partial charge in [0.25, 0.3) is 5.91 Å². The van der Waals surface area contributed by atoms with E-state index >= 15 is 0 Å². The van der Waals surface area contributed by atoms with Crippen LogP contribution in [0.1, 0.15) is 23.1 Å². The summed E-state index contributed by atoms with van der Waals surface area (Å²) in [6, 6.07) is 13.8. The van der Waals surface area contributed by atoms with Crippen molar-refractivity contribution in [1.29, 1.82) is 0 Å². The van der Waals surface area contributed by atoms with Gasteiger partial charge in [-0.2, -0.15) is 5.10 Å². The van der Waals surface area contributed by atoms with E-state index < -0.39 is 0 Å². The summed E-state index contributed by atoms with van der Waals surface area (Å²) >= 11 is 6.20. The topological polar surface area (TPSA) is 46.9 Å². The Morgan fingerprint density at radius 2 is 1.95 bits per heavy atom. The molecule has 0 aliphatic rings. The van der Waals surface area contributed by atoms with E-state index in [9.17, 15) is 4.79 Å². The molecule has 1 heterocycles. The van der Waals surface area contributed by atoms with Crippen molar-refractivity contribution in [2.24, 2.45) is 0 Å². The lowest BCUT2D eigenvalue weighted by Gasteiger charge is -2.08. The minimum atomic E-state index is -0.247. The van der Waals surface area contributed by atoms with Gasteiger partial charge < -0.3 is 5.32 Å². The number of hydrogen-bond donors (Lipinski definition) is 1. The predicted molar refractivity (Wildman–Crippen MR) is 89.5 cm³/mol. The van der Waals surface area contributed by atoms with Gasteiger partial charge in [-0.1, -0.05) is 41.9 Å². The molecule has 0 saturated carbocycles. The molecule has 4 nitrogen and oxygen atoms in total. The SMILES string of the molecule is CCn1nc(C)c(Cl)c1C(=O)Nc1ccc2ccccc2c1. The van der Waals surface area contributed by atoms with Gasteiger partial charge in [-0.05, 0) is 36.8 Å². The summed E-state index contributed by atoms with van der Waals surface area (Å²) in [5.41, 5.74) is 1.79. The van der Waals surface area contributed by atoms with Crippen LogP contribution in [0.15, 0.2) is 42.5 Å². The van der Waals surface area contributed by atoms with Crippen molar-refractivity contribution in [1.82, 2.24) is 9.78 Å². The molecular formula is C17H16ClN3O. The number of carbonyl (C=O) groups is 1. The number of aryl methyl sites for hydroxylation is 2. The van der Waals surface area contributed by atoms with E-state index in [0.717, 1.165) is 16.5 Å². The summed E-state index contributed by atoms with van der Waals surface area (Å²) < 4.78 is 1.62. The molecule has 0 unspecified atom stereocenters. The van der Waals surface area contributed by atoms with Crippen LogP contribution in [0.5, 0.6) is 0 Å². The molecular weight excluding hydrogens is 298 g/mol. The number of rotatable bonds is 3. The van der Waals surface area contributed by atoms with Crippen LogP contribution in [0.2, 0.25) is 5.02 Å². The first-order valence-corrected chi connectivity index (χ1v) is 7.51. The lowest BCUT2D eigenvalue weighted by atomic mass is 10.1. The van der Waals surface area contributed by atoms with Crippen molar-refractivity contribution >= 4 is 34.0 Å². The Balaban J connectivity index is 1.93. The molecule has 22 heavy (non-hydrogen) atoms. The van der Waals surface area contributed by atoms with Gasteiger partial charge in [-0.25, -0.2) is 0 Å². The standard InChI is InChI=1S/C17H16ClN3O/c1-3-21-16(15(18)11(2)20-21)17(22)19-14-9-8-12-6-4-5-7-13(12)10-14/h4-10H,3H2,1-2H3,(H,19,22). The molecule has 0 saturated heterocycles. The summed E-state index contributed by atoms with van der Waals surface area (Å²) in [6.45, 7) is 4.31. The van der Waals surface area contributed by atoms with E-state index in [1.807, 2.05) is 49.4 Å². The molecule has 1 N–H and O–H groups in total. The number of nitrogens with one attached hydrogen (secondary N) is 1. The maximum atomic E-state index is 12.5. The smallest absolute Gasteiger partial charge is 0.275 e. The van der Waals surface area contributed by atoms with Crippen molar-refractivity contribution in [3.05, 3.63) is 58.9 Å². The highest BCUT2D eigenvalue weighted by Crippen LogP contribution is 2.23. The lowest BCUT2D eigenvalue weighted by Crippen LogP contribution is -2.17. The van der Waals surface area contributed by atoms with Crippen LogP contribution in [-0.4, -0.2) is 15.7 Å². The Kier molecular flexibility index (Phi) is 3.86. The normalized spacial score (nSPS) is 10.9. The van der Waals surface area contributed by atoms with Crippen LogP contribution in [0.25, 0.3) is 10.8 Å². The molecule has 0 spiro atoms. The van der Waals surface area contributed by atoms with Crippen LogP contribution in [0.3, 0.4) is 0 Å². The molecule has 0 aliphatic carbocycles. The zero-order valence-electron chi connectivity index (χ0n) is 12.4. The second kappa shape index (κ2) is 5.81. The zero-order valence-corrected chi connectivity index (χ0v) is 13.2. The third-order valence-corrected chi connectivity index (χ3v) is 4.03. The molecule has 5 heteroatoms. The van der Waals surface area contributed by atoms with Gasteiger partial charge in [0.2, 0.25) is 0 Å². The maximum absolute atomic E-state index is 12.5. The van der Waals surface area contributed by atoms with Crippen LogP contribution in [0.4, 0.5) is 5.69 Å². The maximum Gasteiger partial charge on any atom is 0.275 e.